The van der Waals surface area contributed by atoms with Crippen molar-refractivity contribution in [2.45, 2.75) is 6.18 Å². The topological polar surface area (TPSA) is 83.5 Å². The van der Waals surface area contributed by atoms with Crippen molar-refractivity contribution in [3.05, 3.63) is 0 Å². The van der Waals surface area contributed by atoms with Crippen LogP contribution in [0.15, 0.2) is 0 Å². The van der Waals surface area contributed by atoms with E-state index < -0.39 is 22.4 Å². The van der Waals surface area contributed by atoms with Crippen LogP contribution >= 0.6 is 0 Å². The van der Waals surface area contributed by atoms with Gasteiger partial charge in [-0.05, 0) is 0 Å². The number of alkyl halides is 3. The molecule has 0 aromatic rings. The van der Waals surface area contributed by atoms with Gasteiger partial charge in [0.1, 0.15) is 0 Å². The molecule has 0 unspecified atom stereocenters. The molecule has 0 atom stereocenters. The molecule has 0 aliphatic carbocycles. The molecular formula is C2H3F3NNaO4S. The Labute approximate surface area is 89.0 Å². The molecule has 0 aliphatic heterocycles. The van der Waals surface area contributed by atoms with Crippen molar-refractivity contribution >= 4 is 16.2 Å². The summed E-state index contributed by atoms with van der Waals surface area (Å²) in [5, 5.41) is 0. The quantitative estimate of drug-likeness (QED) is 0.354. The second kappa shape index (κ2) is 4.42. The maximum absolute atomic E-state index is 11.2. The summed E-state index contributed by atoms with van der Waals surface area (Å²) >= 11 is 0. The van der Waals surface area contributed by atoms with E-state index in [1.54, 1.807) is 0 Å². The molecule has 68 valence electrons. The van der Waals surface area contributed by atoms with Gasteiger partial charge in [0.2, 0.25) is 0 Å². The zero-order chi connectivity index (χ0) is 9.28. The minimum absolute atomic E-state index is 0. The van der Waals surface area contributed by atoms with E-state index in [9.17, 15) is 26.4 Å². The first kappa shape index (κ1) is 14.7. The SMILES string of the molecule is O=C(NS(=O)(=O)O)C(F)(F)F.[H-].[Na+]. The zero-order valence-electron chi connectivity index (χ0n) is 6.71. The van der Waals surface area contributed by atoms with Crippen LogP contribution < -0.4 is 34.3 Å². The van der Waals surface area contributed by atoms with E-state index in [4.69, 9.17) is 4.55 Å². The van der Waals surface area contributed by atoms with Gasteiger partial charge in [-0.2, -0.15) is 21.6 Å². The second-order valence-corrected chi connectivity index (χ2v) is 2.56. The van der Waals surface area contributed by atoms with Gasteiger partial charge in [-0.3, -0.25) is 9.35 Å². The summed E-state index contributed by atoms with van der Waals surface area (Å²) in [6.07, 6.45) is -5.32. The van der Waals surface area contributed by atoms with Crippen LogP contribution in [0, 0.1) is 0 Å². The van der Waals surface area contributed by atoms with Gasteiger partial charge in [-0.1, -0.05) is 0 Å². The van der Waals surface area contributed by atoms with Gasteiger partial charge >= 0.3 is 51.9 Å². The van der Waals surface area contributed by atoms with Crippen LogP contribution in [0.25, 0.3) is 0 Å². The standard InChI is InChI=1S/C2H2F3NO4S.Na.H/c3-2(4,5)1(7)6-11(8,9)10;;/h(H,6,7)(H,8,9,10);;/q;+1;-1. The summed E-state index contributed by atoms with van der Waals surface area (Å²) in [5.74, 6) is -2.74. The minimum atomic E-state index is -5.32. The molecule has 0 saturated carbocycles. The van der Waals surface area contributed by atoms with E-state index in [1.807, 2.05) is 0 Å². The molecule has 0 radical (unpaired) electrons. The first-order valence-corrected chi connectivity index (χ1v) is 3.43. The normalized spacial score (nSPS) is 11.7. The van der Waals surface area contributed by atoms with Crippen molar-refractivity contribution < 1.29 is 61.9 Å². The number of rotatable bonds is 1. The van der Waals surface area contributed by atoms with Crippen LogP contribution in [0.5, 0.6) is 0 Å². The Morgan fingerprint density at radius 2 is 1.75 bits per heavy atom. The molecule has 10 heteroatoms. The molecule has 12 heavy (non-hydrogen) atoms. The van der Waals surface area contributed by atoms with Crippen LogP contribution in [0.1, 0.15) is 1.43 Å². The maximum atomic E-state index is 11.2. The van der Waals surface area contributed by atoms with Gasteiger partial charge in [-0.15, -0.1) is 0 Å². The molecule has 0 heterocycles. The van der Waals surface area contributed by atoms with E-state index in [2.05, 4.69) is 0 Å². The monoisotopic (exact) mass is 217 g/mol. The molecule has 0 aliphatic rings. The summed E-state index contributed by atoms with van der Waals surface area (Å²) in [6, 6.07) is 0. The molecule has 5 nitrogen and oxygen atoms in total. The molecular weight excluding hydrogens is 214 g/mol. The number of halogens is 3. The maximum Gasteiger partial charge on any atom is 1.00 e. The molecule has 0 aromatic heterocycles. The second-order valence-electron chi connectivity index (χ2n) is 1.40. The molecule has 0 saturated heterocycles. The molecule has 1 amide bonds. The Morgan fingerprint density at radius 3 is 1.83 bits per heavy atom. The van der Waals surface area contributed by atoms with Gasteiger partial charge in [0.15, 0.2) is 0 Å². The summed E-state index contributed by atoms with van der Waals surface area (Å²) in [5.41, 5.74) is 0. The number of nitrogens with one attached hydrogen (secondary N) is 1. The predicted molar refractivity (Wildman–Crippen MR) is 26.9 cm³/mol. The van der Waals surface area contributed by atoms with Gasteiger partial charge in [0, 0.05) is 0 Å². The Bertz CT molecular complexity index is 263. The molecule has 0 rings (SSSR count). The van der Waals surface area contributed by atoms with E-state index in [-0.39, 0.29) is 31.0 Å². The summed E-state index contributed by atoms with van der Waals surface area (Å²) in [7, 11) is -5.13. The summed E-state index contributed by atoms with van der Waals surface area (Å²) < 4.78 is 60.8. The van der Waals surface area contributed by atoms with Gasteiger partial charge < -0.3 is 1.43 Å². The number of carbonyl (C=O) groups is 1. The van der Waals surface area contributed by atoms with Crippen LogP contribution in [0.4, 0.5) is 13.2 Å². The third-order valence-electron chi connectivity index (χ3n) is 0.479. The number of hydrogen-bond acceptors (Lipinski definition) is 3. The Morgan fingerprint density at radius 1 is 1.42 bits per heavy atom. The smallest absolute Gasteiger partial charge is 1.00 e. The van der Waals surface area contributed by atoms with E-state index >= 15 is 0 Å². The van der Waals surface area contributed by atoms with Crippen LogP contribution in [-0.4, -0.2) is 25.1 Å². The molecule has 2 N–H and O–H groups in total. The van der Waals surface area contributed by atoms with Crippen LogP contribution in [0.2, 0.25) is 0 Å². The fourth-order valence-electron chi connectivity index (χ4n) is 0.175. The van der Waals surface area contributed by atoms with Crippen molar-refractivity contribution in [2.75, 3.05) is 0 Å². The minimum Gasteiger partial charge on any atom is -1.00 e. The van der Waals surface area contributed by atoms with Gasteiger partial charge in [0.25, 0.3) is 0 Å². The number of hydrogen-bond donors (Lipinski definition) is 2. The van der Waals surface area contributed by atoms with Gasteiger partial charge in [-0.25, -0.2) is 4.72 Å². The van der Waals surface area contributed by atoms with E-state index in [0.717, 1.165) is 0 Å². The molecule has 0 bridgehead atoms. The van der Waals surface area contributed by atoms with Crippen LogP contribution in [-0.2, 0) is 15.1 Å². The fraction of sp³-hybridized carbons (Fsp3) is 0.500. The average Bonchev–Trinajstić information content (AvgIpc) is 1.56. The molecule has 0 spiro atoms. The fourth-order valence-corrected chi connectivity index (χ4v) is 0.525. The third kappa shape index (κ3) is 6.85. The van der Waals surface area contributed by atoms with Gasteiger partial charge in [0.05, 0.1) is 0 Å². The van der Waals surface area contributed by atoms with Crippen molar-refractivity contribution in [1.82, 2.24) is 4.72 Å². The Hall–Kier alpha value is 0.170. The number of carbonyl (C=O) groups excluding carboxylic acids is 1. The van der Waals surface area contributed by atoms with Crippen molar-refractivity contribution in [3.63, 3.8) is 0 Å². The number of amides is 1. The average molecular weight is 217 g/mol. The third-order valence-corrected chi connectivity index (χ3v) is 0.922. The summed E-state index contributed by atoms with van der Waals surface area (Å²) in [4.78, 5) is 9.70. The zero-order valence-corrected chi connectivity index (χ0v) is 8.53. The molecule has 0 fully saturated rings. The summed E-state index contributed by atoms with van der Waals surface area (Å²) in [6.45, 7) is 0. The molecule has 0 aromatic carbocycles. The predicted octanol–water partition coefficient (Wildman–Crippen LogP) is -3.42. The Balaban J connectivity index is -0.000000500. The van der Waals surface area contributed by atoms with Crippen molar-refractivity contribution in [2.24, 2.45) is 0 Å². The van der Waals surface area contributed by atoms with Crippen molar-refractivity contribution in [3.8, 4) is 0 Å². The van der Waals surface area contributed by atoms with E-state index in [0.29, 0.717) is 4.72 Å². The largest absolute Gasteiger partial charge is 1.00 e. The Kier molecular flexibility index (Phi) is 5.41. The first-order valence-electron chi connectivity index (χ1n) is 1.99. The first-order chi connectivity index (χ1) is 4.63. The van der Waals surface area contributed by atoms with Crippen molar-refractivity contribution in [1.29, 1.82) is 0 Å². The van der Waals surface area contributed by atoms with Crippen LogP contribution in [0.3, 0.4) is 0 Å². The van der Waals surface area contributed by atoms with E-state index in [1.165, 1.54) is 0 Å².